The van der Waals surface area contributed by atoms with Crippen molar-refractivity contribution in [3.8, 4) is 5.75 Å². The standard InChI is InChI=1S/C22H26BrClN3O9P/c1-3-33-21(30)13(2)26-37(32,36-16-6-4-15(24)5-7-16)34-12-18-17(28)10-19(35-18)27-11-14(8-9-23)20(29)25-22(27)31/h4-9,11,13,17-19,28H,3,10,12H2,1-2H3,(H,26,32)(H,25,29,31)/b9-8+/t13-,17?,18+,19+,37?/m0/s1. The third-order valence-electron chi connectivity index (χ3n) is 5.19. The van der Waals surface area contributed by atoms with Crippen LogP contribution in [0.5, 0.6) is 5.75 Å². The molecule has 0 bridgehead atoms. The van der Waals surface area contributed by atoms with Crippen molar-refractivity contribution < 1.29 is 33.0 Å². The van der Waals surface area contributed by atoms with Crippen LogP contribution >= 0.6 is 35.3 Å². The molecular weight excluding hydrogens is 597 g/mol. The highest BCUT2D eigenvalue weighted by molar-refractivity contribution is 9.11. The fourth-order valence-corrected chi connectivity index (χ4v) is 5.30. The largest absolute Gasteiger partial charge is 0.465 e. The first kappa shape index (κ1) is 29.3. The molecule has 0 saturated carbocycles. The van der Waals surface area contributed by atoms with Gasteiger partial charge in [0.1, 0.15) is 24.1 Å². The Morgan fingerprint density at radius 1 is 1.41 bits per heavy atom. The Bertz CT molecular complexity index is 1280. The molecule has 12 nitrogen and oxygen atoms in total. The number of carbonyl (C=O) groups excluding carboxylic acids is 1. The number of aromatic amines is 1. The summed E-state index contributed by atoms with van der Waals surface area (Å²) >= 11 is 8.97. The number of esters is 1. The molecule has 3 N–H and O–H groups in total. The van der Waals surface area contributed by atoms with Gasteiger partial charge in [-0.05, 0) is 49.2 Å². The number of nitrogens with zero attached hydrogens (tertiary/aromatic N) is 1. The van der Waals surface area contributed by atoms with Crippen LogP contribution in [0.25, 0.3) is 6.08 Å². The predicted octanol–water partition coefficient (Wildman–Crippen LogP) is 2.95. The van der Waals surface area contributed by atoms with Gasteiger partial charge in [-0.25, -0.2) is 9.36 Å². The number of carbonyl (C=O) groups is 1. The van der Waals surface area contributed by atoms with E-state index >= 15 is 0 Å². The summed E-state index contributed by atoms with van der Waals surface area (Å²) in [4.78, 5) is 40.0. The maximum atomic E-state index is 13.6. The Kier molecular flexibility index (Phi) is 10.3. The lowest BCUT2D eigenvalue weighted by molar-refractivity contribution is -0.144. The summed E-state index contributed by atoms with van der Waals surface area (Å²) in [5.41, 5.74) is -1.12. The maximum Gasteiger partial charge on any atom is 0.459 e. The minimum Gasteiger partial charge on any atom is -0.465 e. The molecule has 2 aromatic rings. The highest BCUT2D eigenvalue weighted by Gasteiger charge is 2.39. The van der Waals surface area contributed by atoms with Crippen LogP contribution in [0.2, 0.25) is 5.02 Å². The predicted molar refractivity (Wildman–Crippen MR) is 139 cm³/mol. The zero-order chi connectivity index (χ0) is 27.2. The molecule has 1 aromatic carbocycles. The van der Waals surface area contributed by atoms with E-state index in [1.807, 2.05) is 0 Å². The van der Waals surface area contributed by atoms with Gasteiger partial charge in [-0.2, -0.15) is 5.09 Å². The van der Waals surface area contributed by atoms with E-state index in [0.717, 1.165) is 4.57 Å². The number of aliphatic hydroxyl groups excluding tert-OH is 1. The van der Waals surface area contributed by atoms with Gasteiger partial charge in [0.25, 0.3) is 5.56 Å². The van der Waals surface area contributed by atoms with Gasteiger partial charge in [-0.1, -0.05) is 27.5 Å². The molecule has 0 aliphatic carbocycles. The van der Waals surface area contributed by atoms with Gasteiger partial charge in [0.15, 0.2) is 0 Å². The minimum absolute atomic E-state index is 0.00750. The van der Waals surface area contributed by atoms with E-state index in [1.165, 1.54) is 48.4 Å². The monoisotopic (exact) mass is 621 g/mol. The van der Waals surface area contributed by atoms with Crippen LogP contribution < -0.4 is 20.9 Å². The number of ether oxygens (including phenoxy) is 2. The fourth-order valence-electron chi connectivity index (χ4n) is 3.39. The molecule has 0 radical (unpaired) electrons. The average Bonchev–Trinajstić information content (AvgIpc) is 3.21. The first-order valence-corrected chi connectivity index (χ1v) is 14.0. The second kappa shape index (κ2) is 13.0. The van der Waals surface area contributed by atoms with Crippen LogP contribution in [0.4, 0.5) is 0 Å². The van der Waals surface area contributed by atoms with Gasteiger partial charge in [-0.15, -0.1) is 0 Å². The van der Waals surface area contributed by atoms with E-state index in [-0.39, 0.29) is 24.3 Å². The fraction of sp³-hybridized carbons (Fsp3) is 0.409. The summed E-state index contributed by atoms with van der Waals surface area (Å²) in [5.74, 6) is -0.525. The van der Waals surface area contributed by atoms with Crippen LogP contribution in [0.3, 0.4) is 0 Å². The Balaban J connectivity index is 1.76. The second-order valence-corrected chi connectivity index (χ2v) is 10.6. The van der Waals surface area contributed by atoms with Gasteiger partial charge in [0.2, 0.25) is 0 Å². The van der Waals surface area contributed by atoms with Crippen molar-refractivity contribution in [1.82, 2.24) is 14.6 Å². The maximum absolute atomic E-state index is 13.6. The normalized spacial score (nSPS) is 22.0. The molecule has 1 aromatic heterocycles. The van der Waals surface area contributed by atoms with Crippen molar-refractivity contribution in [2.75, 3.05) is 13.2 Å². The van der Waals surface area contributed by atoms with Crippen molar-refractivity contribution >= 4 is 47.3 Å². The molecule has 2 heterocycles. The van der Waals surface area contributed by atoms with Gasteiger partial charge < -0.3 is 19.1 Å². The average molecular weight is 623 g/mol. The molecule has 5 atom stereocenters. The van der Waals surface area contributed by atoms with Crippen LogP contribution in [-0.4, -0.2) is 52.1 Å². The summed E-state index contributed by atoms with van der Waals surface area (Å²) in [7, 11) is -4.21. The quantitative estimate of drug-likeness (QED) is 0.251. The SMILES string of the molecule is CCOC(=O)[C@H](C)NP(=O)(OC[C@H]1O[C@@H](n2cc(/C=C/Br)c(=O)[nH]c2=O)CC1O)Oc1ccc(Cl)cc1. The van der Waals surface area contributed by atoms with E-state index in [1.54, 1.807) is 6.92 Å². The van der Waals surface area contributed by atoms with Crippen LogP contribution in [0.1, 0.15) is 32.1 Å². The number of rotatable bonds is 11. The van der Waals surface area contributed by atoms with E-state index in [4.69, 9.17) is 30.1 Å². The van der Waals surface area contributed by atoms with Crippen LogP contribution in [-0.2, 0) is 23.4 Å². The number of H-pyrrole nitrogens is 1. The Labute approximate surface area is 225 Å². The van der Waals surface area contributed by atoms with E-state index in [2.05, 4.69) is 26.0 Å². The summed E-state index contributed by atoms with van der Waals surface area (Å²) in [6.07, 6.45) is -0.311. The molecule has 2 unspecified atom stereocenters. The molecular formula is C22H26BrClN3O9P. The van der Waals surface area contributed by atoms with Crippen molar-refractivity contribution in [2.24, 2.45) is 0 Å². The van der Waals surface area contributed by atoms with Crippen molar-refractivity contribution in [3.63, 3.8) is 0 Å². The molecule has 3 rings (SSSR count). The topological polar surface area (TPSA) is 158 Å². The molecule has 1 saturated heterocycles. The highest BCUT2D eigenvalue weighted by Crippen LogP contribution is 2.46. The lowest BCUT2D eigenvalue weighted by Gasteiger charge is -2.24. The number of nitrogens with one attached hydrogen (secondary N) is 2. The Morgan fingerprint density at radius 3 is 2.76 bits per heavy atom. The lowest BCUT2D eigenvalue weighted by Crippen LogP contribution is -2.36. The first-order valence-electron chi connectivity index (χ1n) is 11.1. The van der Waals surface area contributed by atoms with Gasteiger partial charge in [-0.3, -0.25) is 23.7 Å². The van der Waals surface area contributed by atoms with Gasteiger partial charge in [0.05, 0.1) is 24.9 Å². The zero-order valence-corrected chi connectivity index (χ0v) is 23.1. The number of benzene rings is 1. The third kappa shape index (κ3) is 7.87. The summed E-state index contributed by atoms with van der Waals surface area (Å²) < 4.78 is 36.5. The molecule has 1 aliphatic rings. The molecule has 1 fully saturated rings. The molecule has 0 spiro atoms. The number of halogens is 2. The second-order valence-electron chi connectivity index (χ2n) is 7.92. The Morgan fingerprint density at radius 2 is 2.11 bits per heavy atom. The van der Waals surface area contributed by atoms with Crippen LogP contribution in [0.15, 0.2) is 45.0 Å². The van der Waals surface area contributed by atoms with Crippen LogP contribution in [0, 0.1) is 0 Å². The van der Waals surface area contributed by atoms with Crippen molar-refractivity contribution in [2.45, 2.75) is 44.7 Å². The molecule has 202 valence electrons. The van der Waals surface area contributed by atoms with E-state index < -0.39 is 56.0 Å². The minimum atomic E-state index is -4.21. The molecule has 0 amide bonds. The number of aromatic nitrogens is 2. The summed E-state index contributed by atoms with van der Waals surface area (Å²) in [5, 5.41) is 13.5. The van der Waals surface area contributed by atoms with Crippen molar-refractivity contribution in [3.05, 3.63) is 66.9 Å². The first-order chi connectivity index (χ1) is 17.5. The van der Waals surface area contributed by atoms with E-state index in [9.17, 15) is 24.1 Å². The third-order valence-corrected chi connectivity index (χ3v) is 7.35. The lowest BCUT2D eigenvalue weighted by atomic mass is 10.2. The molecule has 1 aliphatic heterocycles. The van der Waals surface area contributed by atoms with Crippen molar-refractivity contribution in [1.29, 1.82) is 0 Å². The Hall–Kier alpha value is -2.25. The van der Waals surface area contributed by atoms with Gasteiger partial charge >= 0.3 is 19.4 Å². The molecule has 37 heavy (non-hydrogen) atoms. The zero-order valence-electron chi connectivity index (χ0n) is 19.8. The smallest absolute Gasteiger partial charge is 0.459 e. The number of aliphatic hydroxyl groups is 1. The summed E-state index contributed by atoms with van der Waals surface area (Å²) in [6.45, 7) is 2.76. The highest BCUT2D eigenvalue weighted by atomic mass is 79.9. The molecule has 15 heteroatoms. The number of hydrogen-bond acceptors (Lipinski definition) is 9. The van der Waals surface area contributed by atoms with E-state index in [0.29, 0.717) is 5.02 Å². The number of hydrogen-bond donors (Lipinski definition) is 3. The van der Waals surface area contributed by atoms with Gasteiger partial charge in [0, 0.05) is 17.6 Å². The summed E-state index contributed by atoms with van der Waals surface area (Å²) in [6, 6.07) is 4.92.